The summed E-state index contributed by atoms with van der Waals surface area (Å²) in [5, 5.41) is 2.56. The van der Waals surface area contributed by atoms with Gasteiger partial charge in [0.15, 0.2) is 11.6 Å². The Hall–Kier alpha value is -2.88. The number of halogens is 1. The molecule has 0 amide bonds. The van der Waals surface area contributed by atoms with E-state index in [-0.39, 0.29) is 11.6 Å². The van der Waals surface area contributed by atoms with Gasteiger partial charge in [0.1, 0.15) is 0 Å². The Labute approximate surface area is 157 Å². The molecule has 1 aliphatic carbocycles. The monoisotopic (exact) mass is 360 g/mol. The predicted molar refractivity (Wildman–Crippen MR) is 106 cm³/mol. The van der Waals surface area contributed by atoms with E-state index >= 15 is 0 Å². The van der Waals surface area contributed by atoms with E-state index in [0.717, 1.165) is 35.1 Å². The highest BCUT2D eigenvalue weighted by atomic mass is 19.1. The van der Waals surface area contributed by atoms with Gasteiger partial charge >= 0.3 is 0 Å². The molecule has 0 atom stereocenters. The van der Waals surface area contributed by atoms with E-state index in [2.05, 4.69) is 29.2 Å². The smallest absolute Gasteiger partial charge is 0.165 e. The first-order valence-corrected chi connectivity index (χ1v) is 9.48. The van der Waals surface area contributed by atoms with Crippen LogP contribution in [0.5, 0.6) is 5.75 Å². The van der Waals surface area contributed by atoms with E-state index in [1.165, 1.54) is 42.0 Å². The van der Waals surface area contributed by atoms with Gasteiger partial charge < -0.3 is 9.72 Å². The highest BCUT2D eigenvalue weighted by molar-refractivity contribution is 6.10. The number of para-hydroxylation sites is 1. The molecule has 0 aliphatic heterocycles. The number of methoxy groups -OCH3 is 1. The number of pyridine rings is 1. The second-order valence-electron chi connectivity index (χ2n) is 7.26. The third-order valence-corrected chi connectivity index (χ3v) is 5.59. The molecule has 136 valence electrons. The zero-order valence-electron chi connectivity index (χ0n) is 15.3. The molecule has 2 aromatic carbocycles. The number of fused-ring (bicyclic) bond motifs is 5. The van der Waals surface area contributed by atoms with Gasteiger partial charge in [-0.15, -0.1) is 0 Å². The van der Waals surface area contributed by atoms with Crippen molar-refractivity contribution >= 4 is 21.8 Å². The summed E-state index contributed by atoms with van der Waals surface area (Å²) in [6.07, 6.45) is 5.10. The maximum atomic E-state index is 14.2. The molecule has 2 heterocycles. The van der Waals surface area contributed by atoms with Gasteiger partial charge in [0, 0.05) is 28.4 Å². The lowest BCUT2D eigenvalue weighted by molar-refractivity contribution is 0.386. The summed E-state index contributed by atoms with van der Waals surface area (Å²) in [7, 11) is 1.48. The minimum Gasteiger partial charge on any atom is -0.494 e. The van der Waals surface area contributed by atoms with Gasteiger partial charge in [-0.1, -0.05) is 24.3 Å². The normalized spacial score (nSPS) is 13.9. The lowest BCUT2D eigenvalue weighted by Crippen LogP contribution is -2.09. The summed E-state index contributed by atoms with van der Waals surface area (Å²) < 4.78 is 19.2. The Bertz CT molecular complexity index is 1160. The Balaban J connectivity index is 1.71. The molecule has 0 bridgehead atoms. The summed E-state index contributed by atoms with van der Waals surface area (Å²) in [5.41, 5.74) is 6.72. The molecule has 0 spiro atoms. The zero-order chi connectivity index (χ0) is 18.4. The van der Waals surface area contributed by atoms with Gasteiger partial charge in [-0.2, -0.15) is 0 Å². The van der Waals surface area contributed by atoms with Gasteiger partial charge in [0.05, 0.1) is 18.3 Å². The summed E-state index contributed by atoms with van der Waals surface area (Å²) in [6.45, 7) is 0. The number of hydrogen-bond acceptors (Lipinski definition) is 2. The third kappa shape index (κ3) is 2.67. The Morgan fingerprint density at radius 1 is 1.11 bits per heavy atom. The van der Waals surface area contributed by atoms with E-state index in [0.29, 0.717) is 6.42 Å². The van der Waals surface area contributed by atoms with Crippen molar-refractivity contribution in [2.24, 2.45) is 0 Å². The molecule has 0 unspecified atom stereocenters. The third-order valence-electron chi connectivity index (χ3n) is 5.59. The second kappa shape index (κ2) is 6.38. The first-order valence-electron chi connectivity index (χ1n) is 9.48. The molecule has 1 aliphatic rings. The Morgan fingerprint density at radius 2 is 1.96 bits per heavy atom. The quantitative estimate of drug-likeness (QED) is 0.536. The number of aromatic amines is 1. The van der Waals surface area contributed by atoms with Crippen LogP contribution in [0.3, 0.4) is 0 Å². The first kappa shape index (κ1) is 16.3. The van der Waals surface area contributed by atoms with Crippen molar-refractivity contribution in [3.8, 4) is 5.75 Å². The summed E-state index contributed by atoms with van der Waals surface area (Å²) in [4.78, 5) is 8.59. The van der Waals surface area contributed by atoms with Crippen molar-refractivity contribution in [3.05, 3.63) is 70.8 Å². The van der Waals surface area contributed by atoms with E-state index in [4.69, 9.17) is 9.72 Å². The van der Waals surface area contributed by atoms with E-state index in [9.17, 15) is 4.39 Å². The molecule has 0 saturated heterocycles. The number of aryl methyl sites for hydroxylation is 2. The molecule has 0 saturated carbocycles. The average molecular weight is 360 g/mol. The van der Waals surface area contributed by atoms with Crippen LogP contribution in [0.4, 0.5) is 4.39 Å². The minimum absolute atomic E-state index is 0.271. The molecule has 0 fully saturated rings. The number of benzene rings is 2. The van der Waals surface area contributed by atoms with Crippen LogP contribution in [-0.4, -0.2) is 17.1 Å². The number of rotatable bonds is 3. The predicted octanol–water partition coefficient (Wildman–Crippen LogP) is 5.33. The van der Waals surface area contributed by atoms with Crippen molar-refractivity contribution in [1.82, 2.24) is 9.97 Å². The molecular formula is C23H21FN2O. The van der Waals surface area contributed by atoms with Crippen LogP contribution in [0.25, 0.3) is 21.8 Å². The molecule has 4 aromatic rings. The second-order valence-corrected chi connectivity index (χ2v) is 7.26. The van der Waals surface area contributed by atoms with Crippen LogP contribution in [0, 0.1) is 5.82 Å². The summed E-state index contributed by atoms with van der Waals surface area (Å²) in [6, 6.07) is 13.6. The van der Waals surface area contributed by atoms with Crippen LogP contribution in [0.15, 0.2) is 42.5 Å². The van der Waals surface area contributed by atoms with Crippen molar-refractivity contribution in [2.75, 3.05) is 7.11 Å². The fraction of sp³-hybridized carbons (Fsp3) is 0.261. The van der Waals surface area contributed by atoms with Crippen LogP contribution >= 0.6 is 0 Å². The topological polar surface area (TPSA) is 37.9 Å². The highest BCUT2D eigenvalue weighted by Gasteiger charge is 2.20. The standard InChI is InChI=1S/C23H21FN2O/c1-27-21-11-10-14(12-17(21)24)13-20-23-22(15-6-2-4-8-18(15)25-20)16-7-3-5-9-19(16)26-23/h3,5,7,9-12,26H,2,4,6,8,13H2,1H3. The number of aromatic nitrogens is 2. The molecule has 2 aromatic heterocycles. The first-order chi connectivity index (χ1) is 13.2. The Morgan fingerprint density at radius 3 is 2.81 bits per heavy atom. The number of nitrogens with one attached hydrogen (secondary N) is 1. The van der Waals surface area contributed by atoms with Crippen molar-refractivity contribution in [1.29, 1.82) is 0 Å². The molecule has 4 heteroatoms. The minimum atomic E-state index is -0.333. The van der Waals surface area contributed by atoms with Crippen LogP contribution in [-0.2, 0) is 19.3 Å². The van der Waals surface area contributed by atoms with E-state index in [1.807, 2.05) is 6.07 Å². The molecular weight excluding hydrogens is 339 g/mol. The molecule has 5 rings (SSSR count). The van der Waals surface area contributed by atoms with Crippen LogP contribution in [0.1, 0.15) is 35.4 Å². The van der Waals surface area contributed by atoms with Gasteiger partial charge in [-0.05, 0) is 55.0 Å². The Kier molecular flexibility index (Phi) is 3.85. The van der Waals surface area contributed by atoms with Crippen LogP contribution < -0.4 is 4.74 Å². The summed E-state index contributed by atoms with van der Waals surface area (Å²) >= 11 is 0. The number of nitrogens with zero attached hydrogens (tertiary/aromatic N) is 1. The molecule has 1 N–H and O–H groups in total. The summed E-state index contributed by atoms with van der Waals surface area (Å²) in [5.74, 6) is -0.0613. The number of hydrogen-bond donors (Lipinski definition) is 1. The van der Waals surface area contributed by atoms with Crippen LogP contribution in [0.2, 0.25) is 0 Å². The molecule has 0 radical (unpaired) electrons. The average Bonchev–Trinajstić information content (AvgIpc) is 3.08. The SMILES string of the molecule is COc1ccc(Cc2nc3c(c4c2[nH]c2ccccc24)CCCC3)cc1F. The fourth-order valence-corrected chi connectivity index (χ4v) is 4.31. The zero-order valence-corrected chi connectivity index (χ0v) is 15.3. The maximum Gasteiger partial charge on any atom is 0.165 e. The highest BCUT2D eigenvalue weighted by Crippen LogP contribution is 2.35. The number of H-pyrrole nitrogens is 1. The van der Waals surface area contributed by atoms with Gasteiger partial charge in [0.25, 0.3) is 0 Å². The maximum absolute atomic E-state index is 14.2. The van der Waals surface area contributed by atoms with Gasteiger partial charge in [0.2, 0.25) is 0 Å². The lowest BCUT2D eigenvalue weighted by atomic mass is 9.91. The lowest BCUT2D eigenvalue weighted by Gasteiger charge is -2.18. The fourth-order valence-electron chi connectivity index (χ4n) is 4.31. The van der Waals surface area contributed by atoms with Crippen molar-refractivity contribution in [2.45, 2.75) is 32.1 Å². The largest absolute Gasteiger partial charge is 0.494 e. The van der Waals surface area contributed by atoms with E-state index in [1.54, 1.807) is 12.1 Å². The van der Waals surface area contributed by atoms with Gasteiger partial charge in [-0.3, -0.25) is 4.98 Å². The van der Waals surface area contributed by atoms with Crippen molar-refractivity contribution < 1.29 is 9.13 Å². The molecule has 3 nitrogen and oxygen atoms in total. The van der Waals surface area contributed by atoms with Crippen molar-refractivity contribution in [3.63, 3.8) is 0 Å². The van der Waals surface area contributed by atoms with Gasteiger partial charge in [-0.25, -0.2) is 4.39 Å². The number of ether oxygens (including phenoxy) is 1. The molecule has 27 heavy (non-hydrogen) atoms. The van der Waals surface area contributed by atoms with E-state index < -0.39 is 0 Å².